The maximum absolute atomic E-state index is 5.34. The van der Waals surface area contributed by atoms with Crippen molar-refractivity contribution in [2.24, 2.45) is 0 Å². The van der Waals surface area contributed by atoms with Crippen molar-refractivity contribution in [1.29, 1.82) is 0 Å². The Morgan fingerprint density at radius 1 is 1.19 bits per heavy atom. The number of anilines is 3. The Morgan fingerprint density at radius 3 is 2.81 bits per heavy atom. The van der Waals surface area contributed by atoms with Gasteiger partial charge in [-0.2, -0.15) is 4.98 Å². The Hall–Kier alpha value is -2.34. The summed E-state index contributed by atoms with van der Waals surface area (Å²) in [4.78, 5) is 8.56. The molecule has 2 aromatic rings. The molecule has 0 radical (unpaired) electrons. The summed E-state index contributed by atoms with van der Waals surface area (Å²) >= 11 is 0. The summed E-state index contributed by atoms with van der Waals surface area (Å²) in [6.07, 6.45) is 1.70. The second-order valence-corrected chi connectivity index (χ2v) is 4.51. The molecule has 0 unspecified atom stereocenters. The third kappa shape index (κ3) is 4.32. The van der Waals surface area contributed by atoms with E-state index in [0.29, 0.717) is 24.9 Å². The molecule has 1 heterocycles. The number of nitrogens with zero attached hydrogens (tertiary/aromatic N) is 2. The van der Waals surface area contributed by atoms with Crippen molar-refractivity contribution in [3.63, 3.8) is 0 Å². The number of methoxy groups -OCH3 is 2. The first-order valence-electron chi connectivity index (χ1n) is 6.70. The van der Waals surface area contributed by atoms with Crippen molar-refractivity contribution in [2.75, 3.05) is 38.0 Å². The Balaban J connectivity index is 2.12. The molecule has 1 aromatic heterocycles. The van der Waals surface area contributed by atoms with Gasteiger partial charge in [0.05, 0.1) is 19.4 Å². The zero-order valence-corrected chi connectivity index (χ0v) is 12.5. The van der Waals surface area contributed by atoms with Crippen LogP contribution < -0.4 is 15.4 Å². The first kappa shape index (κ1) is 15.1. The molecular formula is C15H20N4O2. The molecule has 0 aliphatic carbocycles. The lowest BCUT2D eigenvalue weighted by Gasteiger charge is -2.12. The first-order chi connectivity index (χ1) is 10.2. The molecule has 2 rings (SSSR count). The van der Waals surface area contributed by atoms with Gasteiger partial charge in [0, 0.05) is 19.9 Å². The molecule has 0 saturated carbocycles. The number of nitrogens with one attached hydrogen (secondary N) is 2. The topological polar surface area (TPSA) is 68.3 Å². The number of ether oxygens (including phenoxy) is 2. The van der Waals surface area contributed by atoms with E-state index < -0.39 is 0 Å². The number of aromatic nitrogens is 2. The second kappa shape index (κ2) is 7.44. The highest BCUT2D eigenvalue weighted by Gasteiger charge is 2.05. The van der Waals surface area contributed by atoms with Crippen molar-refractivity contribution >= 4 is 17.5 Å². The average Bonchev–Trinajstić information content (AvgIpc) is 2.48. The van der Waals surface area contributed by atoms with Crippen LogP contribution in [-0.4, -0.2) is 37.3 Å². The maximum atomic E-state index is 5.34. The van der Waals surface area contributed by atoms with E-state index in [9.17, 15) is 0 Å². The predicted molar refractivity (Wildman–Crippen MR) is 83.4 cm³/mol. The van der Waals surface area contributed by atoms with Gasteiger partial charge < -0.3 is 20.1 Å². The lowest BCUT2D eigenvalue weighted by molar-refractivity contribution is 0.210. The number of aryl methyl sites for hydroxylation is 1. The Labute approximate surface area is 124 Å². The standard InChI is InChI=1S/C15H20N4O2/c1-11-4-5-13(21-3)12(10-11)18-14-6-7-16-15(19-14)17-8-9-20-2/h4-7,10H,8-9H2,1-3H3,(H2,16,17,18,19). The summed E-state index contributed by atoms with van der Waals surface area (Å²) < 4.78 is 10.3. The molecule has 0 fully saturated rings. The fourth-order valence-corrected chi connectivity index (χ4v) is 1.84. The van der Waals surface area contributed by atoms with Crippen molar-refractivity contribution in [3.8, 4) is 5.75 Å². The molecule has 0 aliphatic heterocycles. The van der Waals surface area contributed by atoms with Crippen LogP contribution in [0.2, 0.25) is 0 Å². The predicted octanol–water partition coefficient (Wildman–Crippen LogP) is 2.60. The number of benzene rings is 1. The molecule has 6 heteroatoms. The fraction of sp³-hybridized carbons (Fsp3) is 0.333. The Morgan fingerprint density at radius 2 is 2.05 bits per heavy atom. The monoisotopic (exact) mass is 288 g/mol. The second-order valence-electron chi connectivity index (χ2n) is 4.51. The van der Waals surface area contributed by atoms with Gasteiger partial charge >= 0.3 is 0 Å². The van der Waals surface area contributed by atoms with Crippen LogP contribution in [0.15, 0.2) is 30.5 Å². The Bertz CT molecular complexity index is 590. The van der Waals surface area contributed by atoms with Crippen LogP contribution >= 0.6 is 0 Å². The minimum absolute atomic E-state index is 0.559. The summed E-state index contributed by atoms with van der Waals surface area (Å²) in [6.45, 7) is 3.29. The summed E-state index contributed by atoms with van der Waals surface area (Å²) in [5.41, 5.74) is 2.02. The summed E-state index contributed by atoms with van der Waals surface area (Å²) in [7, 11) is 3.30. The van der Waals surface area contributed by atoms with E-state index in [1.807, 2.05) is 31.2 Å². The number of hydrogen-bond donors (Lipinski definition) is 2. The highest BCUT2D eigenvalue weighted by atomic mass is 16.5. The molecule has 2 N–H and O–H groups in total. The van der Waals surface area contributed by atoms with Gasteiger partial charge in [-0.25, -0.2) is 4.98 Å². The van der Waals surface area contributed by atoms with Crippen molar-refractivity contribution in [2.45, 2.75) is 6.92 Å². The zero-order valence-electron chi connectivity index (χ0n) is 12.5. The number of hydrogen-bond acceptors (Lipinski definition) is 6. The molecule has 6 nitrogen and oxygen atoms in total. The normalized spacial score (nSPS) is 10.2. The fourth-order valence-electron chi connectivity index (χ4n) is 1.84. The Kier molecular flexibility index (Phi) is 5.34. The SMILES string of the molecule is COCCNc1nccc(Nc2cc(C)ccc2OC)n1. The van der Waals surface area contributed by atoms with E-state index >= 15 is 0 Å². The van der Waals surface area contributed by atoms with Gasteiger partial charge in [-0.3, -0.25) is 0 Å². The van der Waals surface area contributed by atoms with Crippen LogP contribution in [0.4, 0.5) is 17.5 Å². The molecule has 112 valence electrons. The van der Waals surface area contributed by atoms with Crippen LogP contribution in [0.25, 0.3) is 0 Å². The van der Waals surface area contributed by atoms with Gasteiger partial charge in [0.1, 0.15) is 11.6 Å². The van der Waals surface area contributed by atoms with E-state index in [0.717, 1.165) is 17.0 Å². The molecule has 0 bridgehead atoms. The summed E-state index contributed by atoms with van der Waals surface area (Å²) in [6, 6.07) is 7.75. The van der Waals surface area contributed by atoms with Gasteiger partial charge in [0.15, 0.2) is 0 Å². The molecule has 0 aliphatic rings. The lowest BCUT2D eigenvalue weighted by atomic mass is 10.2. The van der Waals surface area contributed by atoms with E-state index in [2.05, 4.69) is 20.6 Å². The van der Waals surface area contributed by atoms with Crippen molar-refractivity contribution in [1.82, 2.24) is 9.97 Å². The van der Waals surface area contributed by atoms with Gasteiger partial charge in [-0.05, 0) is 30.7 Å². The molecule has 0 atom stereocenters. The van der Waals surface area contributed by atoms with Gasteiger partial charge in [-0.1, -0.05) is 6.07 Å². The molecule has 0 saturated heterocycles. The third-order valence-corrected chi connectivity index (χ3v) is 2.86. The van der Waals surface area contributed by atoms with Crippen LogP contribution in [0.1, 0.15) is 5.56 Å². The van der Waals surface area contributed by atoms with Crippen molar-refractivity contribution < 1.29 is 9.47 Å². The minimum Gasteiger partial charge on any atom is -0.495 e. The molecular weight excluding hydrogens is 268 g/mol. The van der Waals surface area contributed by atoms with Crippen molar-refractivity contribution in [3.05, 3.63) is 36.0 Å². The van der Waals surface area contributed by atoms with Gasteiger partial charge in [0.2, 0.25) is 5.95 Å². The summed E-state index contributed by atoms with van der Waals surface area (Å²) in [5, 5.41) is 6.34. The molecule has 0 spiro atoms. The molecule has 0 amide bonds. The van der Waals surface area contributed by atoms with E-state index in [-0.39, 0.29) is 0 Å². The smallest absolute Gasteiger partial charge is 0.224 e. The van der Waals surface area contributed by atoms with E-state index in [1.54, 1.807) is 20.4 Å². The summed E-state index contributed by atoms with van der Waals surface area (Å²) in [5.74, 6) is 2.03. The number of rotatable bonds is 7. The lowest BCUT2D eigenvalue weighted by Crippen LogP contribution is -2.10. The molecule has 21 heavy (non-hydrogen) atoms. The largest absolute Gasteiger partial charge is 0.495 e. The third-order valence-electron chi connectivity index (χ3n) is 2.86. The van der Waals surface area contributed by atoms with Crippen LogP contribution in [0.5, 0.6) is 5.75 Å². The average molecular weight is 288 g/mol. The van der Waals surface area contributed by atoms with Gasteiger partial charge in [-0.15, -0.1) is 0 Å². The quantitative estimate of drug-likeness (QED) is 0.763. The van der Waals surface area contributed by atoms with E-state index in [4.69, 9.17) is 9.47 Å². The first-order valence-corrected chi connectivity index (χ1v) is 6.70. The highest BCUT2D eigenvalue weighted by molar-refractivity contribution is 5.65. The van der Waals surface area contributed by atoms with E-state index in [1.165, 1.54) is 0 Å². The zero-order chi connectivity index (χ0) is 15.1. The van der Waals surface area contributed by atoms with Crippen LogP contribution in [-0.2, 0) is 4.74 Å². The highest BCUT2D eigenvalue weighted by Crippen LogP contribution is 2.27. The van der Waals surface area contributed by atoms with Crippen LogP contribution in [0.3, 0.4) is 0 Å². The maximum Gasteiger partial charge on any atom is 0.224 e. The molecule has 1 aromatic carbocycles. The minimum atomic E-state index is 0.559. The van der Waals surface area contributed by atoms with Gasteiger partial charge in [0.25, 0.3) is 0 Å². The van der Waals surface area contributed by atoms with Crippen LogP contribution in [0, 0.1) is 6.92 Å².